The van der Waals surface area contributed by atoms with E-state index in [0.29, 0.717) is 19.3 Å². The van der Waals surface area contributed by atoms with Crippen molar-refractivity contribution in [3.63, 3.8) is 0 Å². The fourth-order valence-corrected chi connectivity index (χ4v) is 8.37. The fraction of sp³-hybridized carbons (Fsp3) is 0.879. The van der Waals surface area contributed by atoms with Gasteiger partial charge in [-0.1, -0.05) is 244 Å². The molecule has 64 heavy (non-hydrogen) atoms. The minimum Gasteiger partial charge on any atom is -0.462 e. The first-order chi connectivity index (χ1) is 31.5. The van der Waals surface area contributed by atoms with Crippen LogP contribution in [0.25, 0.3) is 0 Å². The summed E-state index contributed by atoms with van der Waals surface area (Å²) in [5.41, 5.74) is 0. The molecule has 0 spiro atoms. The van der Waals surface area contributed by atoms with Crippen LogP contribution in [0.15, 0.2) is 24.3 Å². The molecule has 0 amide bonds. The first-order valence-electron chi connectivity index (χ1n) is 28.3. The van der Waals surface area contributed by atoms with Crippen molar-refractivity contribution in [2.24, 2.45) is 0 Å². The molecule has 0 aromatic carbocycles. The van der Waals surface area contributed by atoms with Gasteiger partial charge in [0.2, 0.25) is 0 Å². The summed E-state index contributed by atoms with van der Waals surface area (Å²) in [4.78, 5) is 37.8. The van der Waals surface area contributed by atoms with E-state index >= 15 is 0 Å². The van der Waals surface area contributed by atoms with Crippen LogP contribution >= 0.6 is 0 Å². The summed E-state index contributed by atoms with van der Waals surface area (Å²) in [5, 5.41) is 0. The highest BCUT2D eigenvalue weighted by atomic mass is 16.6. The smallest absolute Gasteiger partial charge is 0.306 e. The molecule has 376 valence electrons. The molecule has 6 heteroatoms. The quantitative estimate of drug-likeness (QED) is 0.0262. The lowest BCUT2D eigenvalue weighted by Crippen LogP contribution is -2.30. The first kappa shape index (κ1) is 61.9. The highest BCUT2D eigenvalue weighted by molar-refractivity contribution is 5.71. The van der Waals surface area contributed by atoms with Gasteiger partial charge in [0.1, 0.15) is 13.2 Å². The molecule has 0 aliphatic rings. The second-order valence-electron chi connectivity index (χ2n) is 19.2. The molecular weight excluding hydrogens is 793 g/mol. The Kier molecular flexibility index (Phi) is 51.7. The van der Waals surface area contributed by atoms with Crippen molar-refractivity contribution in [1.82, 2.24) is 0 Å². The van der Waals surface area contributed by atoms with Crippen molar-refractivity contribution in [1.29, 1.82) is 0 Å². The van der Waals surface area contributed by atoms with E-state index in [9.17, 15) is 14.4 Å². The van der Waals surface area contributed by atoms with Gasteiger partial charge < -0.3 is 14.2 Å². The van der Waals surface area contributed by atoms with Gasteiger partial charge in [0, 0.05) is 19.3 Å². The third-order valence-electron chi connectivity index (χ3n) is 12.7. The number of unbranched alkanes of at least 4 members (excludes halogenated alkanes) is 37. The number of hydrogen-bond donors (Lipinski definition) is 0. The molecule has 0 aliphatic carbocycles. The van der Waals surface area contributed by atoms with Crippen molar-refractivity contribution in [2.45, 2.75) is 316 Å². The van der Waals surface area contributed by atoms with E-state index in [1.807, 2.05) is 0 Å². The summed E-state index contributed by atoms with van der Waals surface area (Å²) in [7, 11) is 0. The Morgan fingerprint density at radius 2 is 0.516 bits per heavy atom. The number of ether oxygens (including phenoxy) is 3. The molecule has 0 aromatic heterocycles. The van der Waals surface area contributed by atoms with Crippen LogP contribution in [0.3, 0.4) is 0 Å². The molecule has 0 saturated carbocycles. The van der Waals surface area contributed by atoms with Gasteiger partial charge in [-0.3, -0.25) is 14.4 Å². The largest absolute Gasteiger partial charge is 0.462 e. The zero-order chi connectivity index (χ0) is 46.5. The van der Waals surface area contributed by atoms with E-state index in [2.05, 4.69) is 45.1 Å². The monoisotopic (exact) mass is 901 g/mol. The average molecular weight is 901 g/mol. The lowest BCUT2D eigenvalue weighted by Gasteiger charge is -2.18. The number of carbonyl (C=O) groups excluding carboxylic acids is 3. The van der Waals surface area contributed by atoms with Crippen LogP contribution in [0, 0.1) is 0 Å². The van der Waals surface area contributed by atoms with E-state index in [1.54, 1.807) is 0 Å². The van der Waals surface area contributed by atoms with Crippen LogP contribution in [0.1, 0.15) is 310 Å². The normalized spacial score (nSPS) is 12.1. The maximum absolute atomic E-state index is 12.8. The van der Waals surface area contributed by atoms with E-state index in [4.69, 9.17) is 14.2 Å². The predicted molar refractivity (Wildman–Crippen MR) is 275 cm³/mol. The zero-order valence-electron chi connectivity index (χ0n) is 43.1. The summed E-state index contributed by atoms with van der Waals surface area (Å²) in [5.74, 6) is -0.875. The molecule has 0 aliphatic heterocycles. The molecule has 0 heterocycles. The summed E-state index contributed by atoms with van der Waals surface area (Å²) >= 11 is 0. The minimum atomic E-state index is -0.767. The molecule has 0 fully saturated rings. The van der Waals surface area contributed by atoms with Crippen LogP contribution < -0.4 is 0 Å². The van der Waals surface area contributed by atoms with Crippen molar-refractivity contribution in [3.05, 3.63) is 24.3 Å². The fourth-order valence-electron chi connectivity index (χ4n) is 8.37. The highest BCUT2D eigenvalue weighted by Gasteiger charge is 2.19. The number of hydrogen-bond acceptors (Lipinski definition) is 6. The summed E-state index contributed by atoms with van der Waals surface area (Å²) in [6.45, 7) is 6.59. The van der Waals surface area contributed by atoms with Crippen LogP contribution in [0.2, 0.25) is 0 Å². The van der Waals surface area contributed by atoms with Crippen molar-refractivity contribution in [3.8, 4) is 0 Å². The van der Waals surface area contributed by atoms with Gasteiger partial charge in [-0.2, -0.15) is 0 Å². The van der Waals surface area contributed by atoms with E-state index in [0.717, 1.165) is 64.2 Å². The van der Waals surface area contributed by atoms with Gasteiger partial charge in [0.25, 0.3) is 0 Å². The van der Waals surface area contributed by atoms with E-state index < -0.39 is 6.10 Å². The summed E-state index contributed by atoms with van der Waals surface area (Å²) in [6.07, 6.45) is 62.2. The molecule has 0 bridgehead atoms. The molecule has 0 N–H and O–H groups in total. The van der Waals surface area contributed by atoms with Crippen molar-refractivity contribution < 1.29 is 28.6 Å². The second-order valence-corrected chi connectivity index (χ2v) is 19.2. The molecular formula is C58H108O6. The van der Waals surface area contributed by atoms with Gasteiger partial charge in [-0.05, 0) is 70.6 Å². The van der Waals surface area contributed by atoms with Gasteiger partial charge >= 0.3 is 17.9 Å². The molecule has 6 nitrogen and oxygen atoms in total. The summed E-state index contributed by atoms with van der Waals surface area (Å²) in [6, 6.07) is 0. The molecule has 0 rings (SSSR count). The van der Waals surface area contributed by atoms with E-state index in [1.165, 1.54) is 205 Å². The van der Waals surface area contributed by atoms with E-state index in [-0.39, 0.29) is 31.1 Å². The molecule has 0 radical (unpaired) electrons. The van der Waals surface area contributed by atoms with Gasteiger partial charge in [0.05, 0.1) is 0 Å². The number of esters is 3. The third-order valence-corrected chi connectivity index (χ3v) is 12.7. The lowest BCUT2D eigenvalue weighted by molar-refractivity contribution is -0.167. The van der Waals surface area contributed by atoms with Crippen LogP contribution in [-0.4, -0.2) is 37.2 Å². The first-order valence-corrected chi connectivity index (χ1v) is 28.3. The Morgan fingerprint density at radius 1 is 0.297 bits per heavy atom. The SMILES string of the molecule is CCCCCCCCC/C=C\CCCCCCCCCC(=O)OC(COC(=O)CCCCCCC)COC(=O)CCCCCCCCCCCCC/C=C\CCCCCCCCCC. The van der Waals surface area contributed by atoms with Crippen molar-refractivity contribution >= 4 is 17.9 Å². The molecule has 0 aromatic rings. The van der Waals surface area contributed by atoms with Gasteiger partial charge in [0.15, 0.2) is 6.10 Å². The maximum Gasteiger partial charge on any atom is 0.306 e. The average Bonchev–Trinajstić information content (AvgIpc) is 3.29. The number of carbonyl (C=O) groups is 3. The standard InChI is InChI=1S/C58H108O6/c1-4-7-10-13-15-17-19-21-23-25-27-28-29-30-31-33-34-36-38-40-42-45-48-51-57(60)63-54-55(53-62-56(59)50-47-44-12-9-6-3)64-58(61)52-49-46-43-41-39-37-35-32-26-24-22-20-18-16-14-11-8-5-2/h24-27,55H,4-23,28-54H2,1-3H3/b26-24-,27-25-. The van der Waals surface area contributed by atoms with Crippen LogP contribution in [-0.2, 0) is 28.6 Å². The number of rotatable bonds is 52. The van der Waals surface area contributed by atoms with Crippen LogP contribution in [0.5, 0.6) is 0 Å². The Morgan fingerprint density at radius 3 is 0.781 bits per heavy atom. The molecule has 1 unspecified atom stereocenters. The highest BCUT2D eigenvalue weighted by Crippen LogP contribution is 2.16. The second kappa shape index (κ2) is 53.5. The molecule has 0 saturated heterocycles. The topological polar surface area (TPSA) is 78.9 Å². The zero-order valence-corrected chi connectivity index (χ0v) is 43.1. The predicted octanol–water partition coefficient (Wildman–Crippen LogP) is 18.7. The maximum atomic E-state index is 12.8. The number of allylic oxidation sites excluding steroid dienone is 4. The van der Waals surface area contributed by atoms with Crippen molar-refractivity contribution in [2.75, 3.05) is 13.2 Å². The Bertz CT molecular complexity index is 1040. The minimum absolute atomic E-state index is 0.0707. The third kappa shape index (κ3) is 50.9. The Hall–Kier alpha value is -2.11. The van der Waals surface area contributed by atoms with Crippen LogP contribution in [0.4, 0.5) is 0 Å². The molecule has 1 atom stereocenters. The Balaban J connectivity index is 4.06. The lowest BCUT2D eigenvalue weighted by atomic mass is 10.0. The Labute approximate surface area is 398 Å². The van der Waals surface area contributed by atoms with Gasteiger partial charge in [-0.25, -0.2) is 0 Å². The van der Waals surface area contributed by atoms with Gasteiger partial charge in [-0.15, -0.1) is 0 Å². The summed E-state index contributed by atoms with van der Waals surface area (Å²) < 4.78 is 16.7.